The van der Waals surface area contributed by atoms with Crippen LogP contribution in [0.1, 0.15) is 28.8 Å². The van der Waals surface area contributed by atoms with Crippen molar-refractivity contribution >= 4 is 49.7 Å². The quantitative estimate of drug-likeness (QED) is 0.357. The van der Waals surface area contributed by atoms with Gasteiger partial charge in [0.05, 0.1) is 6.54 Å². The summed E-state index contributed by atoms with van der Waals surface area (Å²) in [7, 11) is 0. The number of rotatable bonds is 8. The molecule has 0 aliphatic rings. The van der Waals surface area contributed by atoms with Crippen molar-refractivity contribution < 1.29 is 37.8 Å². The van der Waals surface area contributed by atoms with Crippen LogP contribution in [0.2, 0.25) is 0 Å². The van der Waals surface area contributed by atoms with Crippen molar-refractivity contribution in [2.75, 3.05) is 6.54 Å². The number of carbonyl (C=O) groups excluding carboxylic acids is 1. The van der Waals surface area contributed by atoms with Crippen LogP contribution in [-0.2, 0) is 16.1 Å². The molecule has 186 valence electrons. The first-order valence-corrected chi connectivity index (χ1v) is 11.0. The molecule has 0 spiro atoms. The average molecular weight is 615 g/mol. The SMILES string of the molecule is NCCC[C@H](NC(=O)c1cccn(Cc2cc(Br)cc(Br)c2)c1=O)C(=O)O.O=C(O)C(F)(F)F. The van der Waals surface area contributed by atoms with E-state index < -0.39 is 35.6 Å². The third kappa shape index (κ3) is 9.65. The number of pyridine rings is 1. The Morgan fingerprint density at radius 2 is 1.68 bits per heavy atom. The van der Waals surface area contributed by atoms with E-state index in [1.807, 2.05) is 18.2 Å². The number of aliphatic carboxylic acids is 2. The molecule has 1 amide bonds. The van der Waals surface area contributed by atoms with E-state index in [9.17, 15) is 32.7 Å². The molecule has 1 aromatic carbocycles. The van der Waals surface area contributed by atoms with Gasteiger partial charge in [-0.2, -0.15) is 13.2 Å². The Balaban J connectivity index is 0.000000718. The molecule has 0 radical (unpaired) electrons. The van der Waals surface area contributed by atoms with E-state index in [2.05, 4.69) is 37.2 Å². The number of hydrogen-bond acceptors (Lipinski definition) is 5. The number of benzene rings is 1. The summed E-state index contributed by atoms with van der Waals surface area (Å²) in [5.74, 6) is -4.63. The van der Waals surface area contributed by atoms with Gasteiger partial charge in [-0.1, -0.05) is 31.9 Å². The van der Waals surface area contributed by atoms with E-state index >= 15 is 0 Å². The number of carbonyl (C=O) groups is 3. The predicted octanol–water partition coefficient (Wildman–Crippen LogP) is 2.98. The molecule has 0 saturated carbocycles. The molecule has 1 aromatic heterocycles. The molecule has 9 nitrogen and oxygen atoms in total. The second-order valence-electron chi connectivity index (χ2n) is 6.73. The second-order valence-corrected chi connectivity index (χ2v) is 8.56. The fourth-order valence-electron chi connectivity index (χ4n) is 2.55. The highest BCUT2D eigenvalue weighted by molar-refractivity contribution is 9.11. The lowest BCUT2D eigenvalue weighted by molar-refractivity contribution is -0.192. The Bertz CT molecular complexity index is 1070. The topological polar surface area (TPSA) is 152 Å². The first-order valence-electron chi connectivity index (χ1n) is 9.44. The summed E-state index contributed by atoms with van der Waals surface area (Å²) in [5.41, 5.74) is 5.66. The molecular weight excluding hydrogens is 595 g/mol. The van der Waals surface area contributed by atoms with Crippen molar-refractivity contribution in [1.29, 1.82) is 0 Å². The largest absolute Gasteiger partial charge is 0.490 e. The molecule has 0 aliphatic heterocycles. The van der Waals surface area contributed by atoms with Crippen LogP contribution in [0.15, 0.2) is 50.3 Å². The number of nitrogens with two attached hydrogens (primary N) is 1. The summed E-state index contributed by atoms with van der Waals surface area (Å²) in [5, 5.41) is 18.7. The molecule has 2 aromatic rings. The lowest BCUT2D eigenvalue weighted by atomic mass is 10.1. The molecule has 34 heavy (non-hydrogen) atoms. The van der Waals surface area contributed by atoms with Crippen LogP contribution < -0.4 is 16.6 Å². The minimum Gasteiger partial charge on any atom is -0.480 e. The highest BCUT2D eigenvalue weighted by Crippen LogP contribution is 2.20. The summed E-state index contributed by atoms with van der Waals surface area (Å²) in [6, 6.07) is 7.50. The minimum absolute atomic E-state index is 0.106. The summed E-state index contributed by atoms with van der Waals surface area (Å²) >= 11 is 6.80. The van der Waals surface area contributed by atoms with E-state index in [-0.39, 0.29) is 18.5 Å². The van der Waals surface area contributed by atoms with E-state index in [0.29, 0.717) is 13.0 Å². The van der Waals surface area contributed by atoms with E-state index in [1.165, 1.54) is 10.6 Å². The number of aromatic nitrogens is 1. The van der Waals surface area contributed by atoms with Crippen LogP contribution in [-0.4, -0.2) is 51.4 Å². The summed E-state index contributed by atoms with van der Waals surface area (Å²) in [6.45, 7) is 0.591. The van der Waals surface area contributed by atoms with Crippen molar-refractivity contribution in [1.82, 2.24) is 9.88 Å². The summed E-state index contributed by atoms with van der Waals surface area (Å²) in [4.78, 5) is 45.3. The van der Waals surface area contributed by atoms with Crippen LogP contribution in [0, 0.1) is 0 Å². The normalized spacial score (nSPS) is 11.7. The number of nitrogens with one attached hydrogen (secondary N) is 1. The van der Waals surface area contributed by atoms with Gasteiger partial charge in [0, 0.05) is 15.1 Å². The number of carboxylic acid groups (broad SMARTS) is 2. The van der Waals surface area contributed by atoms with Crippen molar-refractivity contribution in [3.05, 3.63) is 67.0 Å². The summed E-state index contributed by atoms with van der Waals surface area (Å²) < 4.78 is 34.9. The van der Waals surface area contributed by atoms with Crippen LogP contribution in [0.4, 0.5) is 13.2 Å². The minimum atomic E-state index is -5.08. The first kappa shape index (κ1) is 29.3. The fraction of sp³-hybridized carbons (Fsp3) is 0.300. The van der Waals surface area contributed by atoms with E-state index in [1.54, 1.807) is 12.3 Å². The average Bonchev–Trinajstić information content (AvgIpc) is 2.71. The van der Waals surface area contributed by atoms with Gasteiger partial charge in [-0.3, -0.25) is 9.59 Å². The van der Waals surface area contributed by atoms with Crippen molar-refractivity contribution in [2.45, 2.75) is 31.6 Å². The Morgan fingerprint density at radius 3 is 2.15 bits per heavy atom. The third-order valence-electron chi connectivity index (χ3n) is 4.08. The molecule has 0 unspecified atom stereocenters. The molecule has 1 atom stereocenters. The van der Waals surface area contributed by atoms with Gasteiger partial charge in [0.1, 0.15) is 11.6 Å². The number of hydrogen-bond donors (Lipinski definition) is 4. The molecule has 0 fully saturated rings. The van der Waals surface area contributed by atoms with Gasteiger partial charge in [-0.15, -0.1) is 0 Å². The van der Waals surface area contributed by atoms with Crippen molar-refractivity contribution in [3.63, 3.8) is 0 Å². The number of carboxylic acids is 2. The third-order valence-corrected chi connectivity index (χ3v) is 5.00. The standard InChI is InChI=1S/C18H19Br2N3O4.C2HF3O2/c19-12-7-11(8-13(20)9-12)10-23-6-2-3-14(17(23)25)16(24)22-15(18(26)27)4-1-5-21;3-2(4,5)1(6)7/h2-3,6-9,15H,1,4-5,10,21H2,(H,22,24)(H,26,27);(H,6,7)/t15-;/m0./s1. The Hall–Kier alpha value is -2.71. The van der Waals surface area contributed by atoms with Crippen molar-refractivity contribution in [2.24, 2.45) is 5.73 Å². The molecule has 2 rings (SSSR count). The highest BCUT2D eigenvalue weighted by atomic mass is 79.9. The zero-order chi connectivity index (χ0) is 26.1. The number of nitrogens with zero attached hydrogens (tertiary/aromatic N) is 1. The van der Waals surface area contributed by atoms with Crippen LogP contribution in [0.25, 0.3) is 0 Å². The van der Waals surface area contributed by atoms with E-state index in [4.69, 9.17) is 15.6 Å². The molecular formula is C20H20Br2F3N3O6. The molecule has 0 aliphatic carbocycles. The first-order chi connectivity index (χ1) is 15.8. The molecule has 0 bridgehead atoms. The second kappa shape index (κ2) is 13.2. The highest BCUT2D eigenvalue weighted by Gasteiger charge is 2.38. The van der Waals surface area contributed by atoms with Crippen LogP contribution in [0.5, 0.6) is 0 Å². The Kier molecular flexibility index (Phi) is 11.4. The van der Waals surface area contributed by atoms with Gasteiger partial charge in [0.2, 0.25) is 0 Å². The zero-order valence-corrected chi connectivity index (χ0v) is 20.5. The maximum absolute atomic E-state index is 12.7. The van der Waals surface area contributed by atoms with Gasteiger partial charge in [-0.25, -0.2) is 9.59 Å². The molecule has 0 saturated heterocycles. The monoisotopic (exact) mass is 613 g/mol. The predicted molar refractivity (Wildman–Crippen MR) is 123 cm³/mol. The van der Waals surface area contributed by atoms with E-state index in [0.717, 1.165) is 14.5 Å². The number of amides is 1. The van der Waals surface area contributed by atoms with Gasteiger partial charge in [0.25, 0.3) is 11.5 Å². The van der Waals surface area contributed by atoms with Gasteiger partial charge >= 0.3 is 18.1 Å². The zero-order valence-electron chi connectivity index (χ0n) is 17.3. The molecule has 1 heterocycles. The number of alkyl halides is 3. The maximum atomic E-state index is 12.7. The fourth-order valence-corrected chi connectivity index (χ4v) is 3.94. The number of halogens is 5. The maximum Gasteiger partial charge on any atom is 0.490 e. The van der Waals surface area contributed by atoms with Crippen LogP contribution >= 0.6 is 31.9 Å². The van der Waals surface area contributed by atoms with Gasteiger partial charge in [0.15, 0.2) is 0 Å². The van der Waals surface area contributed by atoms with Gasteiger partial charge in [-0.05, 0) is 55.3 Å². The molecule has 14 heteroatoms. The lowest BCUT2D eigenvalue weighted by Crippen LogP contribution is -2.43. The lowest BCUT2D eigenvalue weighted by Gasteiger charge is -2.14. The Labute approximate surface area is 208 Å². The molecule has 5 N–H and O–H groups in total. The van der Waals surface area contributed by atoms with Crippen molar-refractivity contribution in [3.8, 4) is 0 Å². The Morgan fingerprint density at radius 1 is 1.12 bits per heavy atom. The van der Waals surface area contributed by atoms with Crippen LogP contribution in [0.3, 0.4) is 0 Å². The van der Waals surface area contributed by atoms with Gasteiger partial charge < -0.3 is 25.8 Å². The smallest absolute Gasteiger partial charge is 0.480 e. The summed E-state index contributed by atoms with van der Waals surface area (Å²) in [6.07, 6.45) is -2.85.